The van der Waals surface area contributed by atoms with Crippen LogP contribution in [0.2, 0.25) is 0 Å². The molecule has 0 saturated heterocycles. The minimum atomic E-state index is -3.92. The topological polar surface area (TPSA) is 108 Å². The van der Waals surface area contributed by atoms with Gasteiger partial charge in [0, 0.05) is 0 Å². The van der Waals surface area contributed by atoms with E-state index in [0.29, 0.717) is 5.75 Å². The number of rotatable bonds is 10. The quantitative estimate of drug-likeness (QED) is 0.462. The summed E-state index contributed by atoms with van der Waals surface area (Å²) in [5, 5.41) is 0. The van der Waals surface area contributed by atoms with Crippen molar-refractivity contribution in [3.8, 4) is 5.75 Å². The smallest absolute Gasteiger partial charge is 0.338 e. The first-order valence-electron chi connectivity index (χ1n) is 8.94. The molecule has 0 atom stereocenters. The standard InChI is InChI=1S/C20H23NO7S/c1-3-26-20(23)16-6-10-18(11-7-16)29(24,25)21-14-19(22)28-13-12-27-17-8-4-15(2)5-9-17/h4-11,21H,3,12-14H2,1-2H3. The number of sulfonamides is 1. The molecule has 0 fully saturated rings. The molecule has 156 valence electrons. The molecule has 0 spiro atoms. The monoisotopic (exact) mass is 421 g/mol. The molecule has 8 nitrogen and oxygen atoms in total. The van der Waals surface area contributed by atoms with Crippen LogP contribution in [0.4, 0.5) is 0 Å². The number of aryl methyl sites for hydroxylation is 1. The Morgan fingerprint density at radius 2 is 1.59 bits per heavy atom. The maximum atomic E-state index is 12.2. The minimum Gasteiger partial charge on any atom is -0.490 e. The van der Waals surface area contributed by atoms with Crippen molar-refractivity contribution < 1.29 is 32.2 Å². The molecule has 0 aromatic heterocycles. The average molecular weight is 421 g/mol. The number of hydrogen-bond donors (Lipinski definition) is 1. The lowest BCUT2D eigenvalue weighted by Crippen LogP contribution is -2.31. The molecule has 0 heterocycles. The van der Waals surface area contributed by atoms with Gasteiger partial charge in [-0.05, 0) is 50.2 Å². The minimum absolute atomic E-state index is 0.0112. The Hall–Kier alpha value is -2.91. The molecule has 2 rings (SSSR count). The van der Waals surface area contributed by atoms with Crippen LogP contribution in [0.1, 0.15) is 22.8 Å². The number of carbonyl (C=O) groups excluding carboxylic acids is 2. The van der Waals surface area contributed by atoms with Gasteiger partial charge in [-0.1, -0.05) is 17.7 Å². The van der Waals surface area contributed by atoms with Gasteiger partial charge < -0.3 is 14.2 Å². The average Bonchev–Trinajstić information content (AvgIpc) is 2.71. The summed E-state index contributed by atoms with van der Waals surface area (Å²) in [6.07, 6.45) is 0. The predicted molar refractivity (Wildman–Crippen MR) is 105 cm³/mol. The fourth-order valence-corrected chi connectivity index (χ4v) is 3.19. The van der Waals surface area contributed by atoms with Gasteiger partial charge in [0.05, 0.1) is 17.1 Å². The Bertz CT molecular complexity index is 922. The zero-order chi connectivity index (χ0) is 21.3. The zero-order valence-corrected chi connectivity index (χ0v) is 17.0. The van der Waals surface area contributed by atoms with Gasteiger partial charge in [-0.2, -0.15) is 4.72 Å². The Kier molecular flexibility index (Phi) is 8.17. The van der Waals surface area contributed by atoms with E-state index in [0.717, 1.165) is 5.56 Å². The first-order valence-corrected chi connectivity index (χ1v) is 10.4. The molecule has 0 unspecified atom stereocenters. The van der Waals surface area contributed by atoms with Gasteiger partial charge in [0.25, 0.3) is 0 Å². The maximum absolute atomic E-state index is 12.2. The number of esters is 2. The molecule has 0 aliphatic heterocycles. The van der Waals surface area contributed by atoms with Crippen molar-refractivity contribution in [1.82, 2.24) is 4.72 Å². The van der Waals surface area contributed by atoms with E-state index < -0.39 is 28.5 Å². The van der Waals surface area contributed by atoms with E-state index in [1.165, 1.54) is 24.3 Å². The molecule has 2 aromatic carbocycles. The fourth-order valence-electron chi connectivity index (χ4n) is 2.22. The second kappa shape index (κ2) is 10.6. The molecule has 0 saturated carbocycles. The number of benzene rings is 2. The summed E-state index contributed by atoms with van der Waals surface area (Å²) in [7, 11) is -3.92. The SMILES string of the molecule is CCOC(=O)c1ccc(S(=O)(=O)NCC(=O)OCCOc2ccc(C)cc2)cc1. The van der Waals surface area contributed by atoms with E-state index in [2.05, 4.69) is 4.72 Å². The largest absolute Gasteiger partial charge is 0.490 e. The molecule has 2 aromatic rings. The van der Waals surface area contributed by atoms with Crippen molar-refractivity contribution in [3.63, 3.8) is 0 Å². The lowest BCUT2D eigenvalue weighted by Gasteiger charge is -2.09. The highest BCUT2D eigenvalue weighted by Crippen LogP contribution is 2.12. The highest BCUT2D eigenvalue weighted by Gasteiger charge is 2.17. The van der Waals surface area contributed by atoms with Crippen LogP contribution in [0, 0.1) is 6.92 Å². The van der Waals surface area contributed by atoms with Crippen molar-refractivity contribution in [3.05, 3.63) is 59.7 Å². The molecule has 0 aliphatic rings. The van der Waals surface area contributed by atoms with E-state index in [1.807, 2.05) is 19.1 Å². The van der Waals surface area contributed by atoms with Crippen LogP contribution in [-0.2, 0) is 24.3 Å². The van der Waals surface area contributed by atoms with Crippen LogP contribution in [0.5, 0.6) is 5.75 Å². The van der Waals surface area contributed by atoms with Crippen molar-refractivity contribution in [2.75, 3.05) is 26.4 Å². The van der Waals surface area contributed by atoms with Crippen LogP contribution < -0.4 is 9.46 Å². The first kappa shape index (κ1) is 22.4. The lowest BCUT2D eigenvalue weighted by atomic mass is 10.2. The molecule has 0 amide bonds. The van der Waals surface area contributed by atoms with E-state index in [4.69, 9.17) is 14.2 Å². The van der Waals surface area contributed by atoms with Gasteiger partial charge >= 0.3 is 11.9 Å². The van der Waals surface area contributed by atoms with Crippen LogP contribution in [0.25, 0.3) is 0 Å². The summed E-state index contributed by atoms with van der Waals surface area (Å²) in [5.74, 6) is -0.622. The Morgan fingerprint density at radius 1 is 0.931 bits per heavy atom. The summed E-state index contributed by atoms with van der Waals surface area (Å²) in [4.78, 5) is 23.2. The van der Waals surface area contributed by atoms with E-state index in [9.17, 15) is 18.0 Å². The highest BCUT2D eigenvalue weighted by molar-refractivity contribution is 7.89. The van der Waals surface area contributed by atoms with Crippen molar-refractivity contribution >= 4 is 22.0 Å². The van der Waals surface area contributed by atoms with E-state index in [-0.39, 0.29) is 30.3 Å². The van der Waals surface area contributed by atoms with Gasteiger partial charge in [0.1, 0.15) is 25.5 Å². The van der Waals surface area contributed by atoms with Gasteiger partial charge in [-0.15, -0.1) is 0 Å². The third-order valence-electron chi connectivity index (χ3n) is 3.72. The van der Waals surface area contributed by atoms with Crippen molar-refractivity contribution in [1.29, 1.82) is 0 Å². The van der Waals surface area contributed by atoms with Gasteiger partial charge in [0.15, 0.2) is 0 Å². The second-order valence-corrected chi connectivity index (χ2v) is 7.72. The molecular weight excluding hydrogens is 398 g/mol. The Labute approximate surface area is 169 Å². The molecule has 0 aliphatic carbocycles. The molecule has 0 radical (unpaired) electrons. The molecule has 1 N–H and O–H groups in total. The van der Waals surface area contributed by atoms with Crippen LogP contribution >= 0.6 is 0 Å². The Balaban J connectivity index is 1.76. The second-order valence-electron chi connectivity index (χ2n) is 5.95. The fraction of sp³-hybridized carbons (Fsp3) is 0.300. The maximum Gasteiger partial charge on any atom is 0.338 e. The molecule has 0 bridgehead atoms. The van der Waals surface area contributed by atoms with E-state index >= 15 is 0 Å². The number of carbonyl (C=O) groups is 2. The molecule has 9 heteroatoms. The normalized spacial score (nSPS) is 11.0. The molecular formula is C20H23NO7S. The van der Waals surface area contributed by atoms with Crippen LogP contribution in [0.15, 0.2) is 53.4 Å². The summed E-state index contributed by atoms with van der Waals surface area (Å²) in [5.41, 5.74) is 1.34. The summed E-state index contributed by atoms with van der Waals surface area (Å²) in [6, 6.07) is 12.6. The first-order chi connectivity index (χ1) is 13.8. The van der Waals surface area contributed by atoms with E-state index in [1.54, 1.807) is 19.1 Å². The molecule has 29 heavy (non-hydrogen) atoms. The van der Waals surface area contributed by atoms with Gasteiger partial charge in [0.2, 0.25) is 10.0 Å². The lowest BCUT2D eigenvalue weighted by molar-refractivity contribution is -0.142. The van der Waals surface area contributed by atoms with Crippen LogP contribution in [-0.4, -0.2) is 46.7 Å². The van der Waals surface area contributed by atoms with Crippen LogP contribution in [0.3, 0.4) is 0 Å². The van der Waals surface area contributed by atoms with Gasteiger partial charge in [-0.25, -0.2) is 13.2 Å². The predicted octanol–water partition coefficient (Wildman–Crippen LogP) is 2.07. The zero-order valence-electron chi connectivity index (χ0n) is 16.2. The highest BCUT2D eigenvalue weighted by atomic mass is 32.2. The number of ether oxygens (including phenoxy) is 3. The Morgan fingerprint density at radius 3 is 2.21 bits per heavy atom. The van der Waals surface area contributed by atoms with Crippen molar-refractivity contribution in [2.45, 2.75) is 18.7 Å². The van der Waals surface area contributed by atoms with Gasteiger partial charge in [-0.3, -0.25) is 4.79 Å². The van der Waals surface area contributed by atoms with Crippen molar-refractivity contribution in [2.24, 2.45) is 0 Å². The summed E-state index contributed by atoms with van der Waals surface area (Å²) in [6.45, 7) is 3.47. The third kappa shape index (κ3) is 7.20. The number of hydrogen-bond acceptors (Lipinski definition) is 7. The summed E-state index contributed by atoms with van der Waals surface area (Å²) >= 11 is 0. The number of nitrogens with one attached hydrogen (secondary N) is 1. The third-order valence-corrected chi connectivity index (χ3v) is 5.14. The summed E-state index contributed by atoms with van der Waals surface area (Å²) < 4.78 is 41.8.